The lowest BCUT2D eigenvalue weighted by atomic mass is 9.80. The van der Waals surface area contributed by atoms with E-state index in [1.165, 1.54) is 11.3 Å². The molecule has 4 rings (SSSR count). The van der Waals surface area contributed by atoms with E-state index in [-0.39, 0.29) is 30.5 Å². The SMILES string of the molecule is C=C1[C@@H](NC(=O)/C(=N\OCCOc2ccc3c(N)nccc3c2)c2csc(N)n2)C(C)(C)N1C. The summed E-state index contributed by atoms with van der Waals surface area (Å²) < 4.78 is 5.74. The molecule has 5 N–H and O–H groups in total. The lowest BCUT2D eigenvalue weighted by Gasteiger charge is -2.56. The van der Waals surface area contributed by atoms with Crippen molar-refractivity contribution in [2.45, 2.75) is 25.4 Å². The van der Waals surface area contributed by atoms with Crippen molar-refractivity contribution in [3.63, 3.8) is 0 Å². The second-order valence-corrected chi connectivity index (χ2v) is 9.27. The number of benzene rings is 1. The summed E-state index contributed by atoms with van der Waals surface area (Å²) in [5.74, 6) is 0.709. The monoisotopic (exact) mass is 481 g/mol. The van der Waals surface area contributed by atoms with E-state index in [1.54, 1.807) is 11.6 Å². The highest BCUT2D eigenvalue weighted by Crippen LogP contribution is 2.36. The number of thiazole rings is 1. The molecule has 1 fully saturated rings. The number of nitrogens with zero attached hydrogens (tertiary/aromatic N) is 4. The Bertz CT molecular complexity index is 1270. The molecule has 1 aliphatic rings. The van der Waals surface area contributed by atoms with Crippen LogP contribution in [0, 0.1) is 0 Å². The Hall–Kier alpha value is -3.86. The Morgan fingerprint density at radius 2 is 2.12 bits per heavy atom. The van der Waals surface area contributed by atoms with E-state index in [1.807, 2.05) is 50.1 Å². The van der Waals surface area contributed by atoms with Gasteiger partial charge in [0, 0.05) is 29.7 Å². The van der Waals surface area contributed by atoms with Gasteiger partial charge in [0.05, 0.1) is 11.6 Å². The van der Waals surface area contributed by atoms with E-state index in [9.17, 15) is 4.79 Å². The van der Waals surface area contributed by atoms with Crippen molar-refractivity contribution in [3.05, 3.63) is 53.8 Å². The second kappa shape index (κ2) is 9.18. The van der Waals surface area contributed by atoms with Crippen molar-refractivity contribution < 1.29 is 14.4 Å². The van der Waals surface area contributed by atoms with Crippen molar-refractivity contribution in [2.75, 3.05) is 31.7 Å². The Morgan fingerprint density at radius 1 is 1.32 bits per heavy atom. The quantitative estimate of drug-likeness (QED) is 0.253. The third kappa shape index (κ3) is 4.46. The van der Waals surface area contributed by atoms with Gasteiger partial charge in [-0.15, -0.1) is 11.3 Å². The third-order valence-electron chi connectivity index (χ3n) is 5.96. The Labute approximate surface area is 201 Å². The van der Waals surface area contributed by atoms with Gasteiger partial charge in [0.25, 0.3) is 5.91 Å². The molecule has 3 heterocycles. The third-order valence-corrected chi connectivity index (χ3v) is 6.63. The topological polar surface area (TPSA) is 141 Å². The van der Waals surface area contributed by atoms with Crippen LogP contribution in [0.1, 0.15) is 19.5 Å². The number of aromatic nitrogens is 2. The number of pyridine rings is 1. The molecule has 11 heteroatoms. The van der Waals surface area contributed by atoms with Crippen LogP contribution in [-0.4, -0.2) is 58.3 Å². The van der Waals surface area contributed by atoms with E-state index in [0.29, 0.717) is 22.4 Å². The van der Waals surface area contributed by atoms with E-state index in [4.69, 9.17) is 21.0 Å². The van der Waals surface area contributed by atoms with E-state index in [0.717, 1.165) is 16.5 Å². The van der Waals surface area contributed by atoms with E-state index >= 15 is 0 Å². The number of rotatable bonds is 8. The van der Waals surface area contributed by atoms with Crippen LogP contribution in [-0.2, 0) is 9.63 Å². The number of carbonyl (C=O) groups excluding carboxylic acids is 1. The van der Waals surface area contributed by atoms with Gasteiger partial charge in [-0.25, -0.2) is 9.97 Å². The number of nitrogens with one attached hydrogen (secondary N) is 1. The highest BCUT2D eigenvalue weighted by Gasteiger charge is 2.48. The Balaban J connectivity index is 1.39. The lowest BCUT2D eigenvalue weighted by molar-refractivity contribution is -0.117. The van der Waals surface area contributed by atoms with Crippen LogP contribution in [0.25, 0.3) is 10.8 Å². The molecule has 0 saturated carbocycles. The molecule has 0 spiro atoms. The average Bonchev–Trinajstić information content (AvgIpc) is 3.24. The molecule has 0 bridgehead atoms. The first-order valence-corrected chi connectivity index (χ1v) is 11.5. The molecule has 1 aliphatic heterocycles. The smallest absolute Gasteiger partial charge is 0.276 e. The summed E-state index contributed by atoms with van der Waals surface area (Å²) in [7, 11) is 1.94. The van der Waals surface area contributed by atoms with Gasteiger partial charge in [0.1, 0.15) is 23.9 Å². The number of likely N-dealkylation sites (N-methyl/N-ethyl adjacent to an activating group) is 1. The second-order valence-electron chi connectivity index (χ2n) is 8.38. The van der Waals surface area contributed by atoms with Gasteiger partial charge in [-0.05, 0) is 43.5 Å². The number of hydrogen-bond donors (Lipinski definition) is 3. The molecular weight excluding hydrogens is 454 g/mol. The number of nitrogen functional groups attached to an aromatic ring is 2. The molecule has 1 amide bonds. The molecule has 0 unspecified atom stereocenters. The maximum atomic E-state index is 13.0. The Kier molecular flexibility index (Phi) is 6.29. The summed E-state index contributed by atoms with van der Waals surface area (Å²) in [5, 5.41) is 10.8. The minimum Gasteiger partial charge on any atom is -0.490 e. The molecule has 178 valence electrons. The van der Waals surface area contributed by atoms with Crippen molar-refractivity contribution in [2.24, 2.45) is 5.16 Å². The summed E-state index contributed by atoms with van der Waals surface area (Å²) >= 11 is 1.22. The fourth-order valence-corrected chi connectivity index (χ4v) is 4.28. The largest absolute Gasteiger partial charge is 0.490 e. The van der Waals surface area contributed by atoms with Crippen molar-refractivity contribution >= 4 is 44.7 Å². The molecule has 0 radical (unpaired) electrons. The summed E-state index contributed by atoms with van der Waals surface area (Å²) in [6, 6.07) is 7.17. The minimum absolute atomic E-state index is 0.0415. The number of ether oxygens (including phenoxy) is 1. The first kappa shape index (κ1) is 23.3. The van der Waals surface area contributed by atoms with Crippen LogP contribution in [0.5, 0.6) is 5.75 Å². The van der Waals surface area contributed by atoms with Gasteiger partial charge in [-0.1, -0.05) is 11.7 Å². The molecular formula is C23H27N7O3S. The molecule has 2 aromatic heterocycles. The fraction of sp³-hybridized carbons (Fsp3) is 0.304. The number of amides is 1. The van der Waals surface area contributed by atoms with Gasteiger partial charge in [-0.3, -0.25) is 4.79 Å². The predicted octanol–water partition coefficient (Wildman–Crippen LogP) is 2.38. The lowest BCUT2D eigenvalue weighted by Crippen LogP contribution is -2.69. The minimum atomic E-state index is -0.417. The normalized spacial score (nSPS) is 17.4. The predicted molar refractivity (Wildman–Crippen MR) is 134 cm³/mol. The zero-order chi connectivity index (χ0) is 24.5. The van der Waals surface area contributed by atoms with Gasteiger partial charge in [0.2, 0.25) is 0 Å². The molecule has 1 saturated heterocycles. The summed E-state index contributed by atoms with van der Waals surface area (Å²) in [6.45, 7) is 8.42. The van der Waals surface area contributed by atoms with E-state index in [2.05, 4.69) is 27.0 Å². The van der Waals surface area contributed by atoms with Gasteiger partial charge in [0.15, 0.2) is 17.5 Å². The van der Waals surface area contributed by atoms with Crippen LogP contribution >= 0.6 is 11.3 Å². The number of oxime groups is 1. The molecule has 1 atom stereocenters. The van der Waals surface area contributed by atoms with Crippen molar-refractivity contribution in [3.8, 4) is 5.75 Å². The summed E-state index contributed by atoms with van der Waals surface area (Å²) in [6.07, 6.45) is 1.65. The van der Waals surface area contributed by atoms with Crippen LogP contribution in [0.15, 0.2) is 53.3 Å². The van der Waals surface area contributed by atoms with E-state index < -0.39 is 5.91 Å². The number of nitrogens with two attached hydrogens (primary N) is 2. The zero-order valence-electron chi connectivity index (χ0n) is 19.2. The average molecular weight is 482 g/mol. The molecule has 1 aromatic carbocycles. The van der Waals surface area contributed by atoms with Gasteiger partial charge < -0.3 is 31.3 Å². The molecule has 10 nitrogen and oxygen atoms in total. The van der Waals surface area contributed by atoms with Crippen LogP contribution in [0.4, 0.5) is 10.9 Å². The van der Waals surface area contributed by atoms with Crippen LogP contribution in [0.2, 0.25) is 0 Å². The highest BCUT2D eigenvalue weighted by atomic mass is 32.1. The molecule has 34 heavy (non-hydrogen) atoms. The number of carbonyl (C=O) groups is 1. The number of anilines is 2. The first-order chi connectivity index (χ1) is 16.2. The zero-order valence-corrected chi connectivity index (χ0v) is 20.1. The maximum Gasteiger partial charge on any atom is 0.276 e. The standard InChI is InChI=1S/C23H27N7O3S/c1-13-19(23(2,3)30(13)4)28-21(31)18(17-12-34-22(25)27-17)29-33-10-9-32-15-5-6-16-14(11-15)7-8-26-20(16)24/h5-8,11-12,19H,1,9-10H2,2-4H3,(H2,24,26)(H2,25,27)(H,28,31)/b29-18-/t19-/m1/s1. The summed E-state index contributed by atoms with van der Waals surface area (Å²) in [4.78, 5) is 28.7. The fourth-order valence-electron chi connectivity index (χ4n) is 3.74. The van der Waals surface area contributed by atoms with Crippen molar-refractivity contribution in [1.82, 2.24) is 20.2 Å². The summed E-state index contributed by atoms with van der Waals surface area (Å²) in [5.41, 5.74) is 12.6. The maximum absolute atomic E-state index is 13.0. The van der Waals surface area contributed by atoms with Crippen LogP contribution in [0.3, 0.4) is 0 Å². The van der Waals surface area contributed by atoms with Crippen molar-refractivity contribution in [1.29, 1.82) is 0 Å². The van der Waals surface area contributed by atoms with Gasteiger partial charge in [-0.2, -0.15) is 0 Å². The Morgan fingerprint density at radius 3 is 2.82 bits per heavy atom. The van der Waals surface area contributed by atoms with Crippen LogP contribution < -0.4 is 21.5 Å². The number of hydrogen-bond acceptors (Lipinski definition) is 10. The molecule has 0 aliphatic carbocycles. The van der Waals surface area contributed by atoms with Gasteiger partial charge >= 0.3 is 0 Å². The number of likely N-dealkylation sites (tertiary alicyclic amines) is 1. The molecule has 3 aromatic rings. The number of fused-ring (bicyclic) bond motifs is 1. The highest BCUT2D eigenvalue weighted by molar-refractivity contribution is 7.13. The first-order valence-electron chi connectivity index (χ1n) is 10.6.